The Morgan fingerprint density at radius 1 is 1.54 bits per heavy atom. The minimum atomic E-state index is -3.83. The highest BCUT2D eigenvalue weighted by molar-refractivity contribution is 9.10. The first-order chi connectivity index (χ1) is 5.82. The number of benzene rings is 1. The lowest BCUT2D eigenvalue weighted by Gasteiger charge is -1.99. The first kappa shape index (κ1) is 11.4. The van der Waals surface area contributed by atoms with E-state index in [1.54, 1.807) is 0 Å². The molecule has 0 spiro atoms. The zero-order valence-corrected chi connectivity index (χ0v) is 9.84. The van der Waals surface area contributed by atoms with Crippen LogP contribution in [0.5, 0.6) is 0 Å². The van der Waals surface area contributed by atoms with Crippen molar-refractivity contribution in [3.05, 3.63) is 27.4 Å². The highest BCUT2D eigenvalue weighted by Gasteiger charge is 2.32. The third-order valence-corrected chi connectivity index (χ3v) is 3.80. The van der Waals surface area contributed by atoms with Gasteiger partial charge in [0.1, 0.15) is 0 Å². The van der Waals surface area contributed by atoms with Gasteiger partial charge >= 0.3 is 9.43 Å². The van der Waals surface area contributed by atoms with E-state index in [0.717, 1.165) is 12.1 Å². The summed E-state index contributed by atoms with van der Waals surface area (Å²) in [7, 11) is 1.23. The van der Waals surface area contributed by atoms with Gasteiger partial charge in [-0.2, -0.15) is 4.55 Å². The molecule has 0 aliphatic carbocycles. The van der Waals surface area contributed by atoms with Gasteiger partial charge in [-0.3, -0.25) is 0 Å². The Hall–Kier alpha value is 0.320. The van der Waals surface area contributed by atoms with E-state index in [2.05, 4.69) is 15.9 Å². The van der Waals surface area contributed by atoms with Crippen molar-refractivity contribution in [1.82, 2.24) is 0 Å². The van der Waals surface area contributed by atoms with E-state index in [4.69, 9.17) is 26.8 Å². The van der Waals surface area contributed by atoms with Crippen LogP contribution in [0.3, 0.4) is 0 Å². The molecule has 1 atom stereocenters. The number of hydrogen-bond acceptors (Lipinski definition) is 1. The number of rotatable bonds is 1. The molecular weight excluding hydrogens is 306 g/mol. The van der Waals surface area contributed by atoms with Gasteiger partial charge in [-0.25, -0.2) is 4.39 Å². The predicted molar refractivity (Wildman–Crippen MR) is 53.9 cm³/mol. The van der Waals surface area contributed by atoms with Crippen LogP contribution in [0.15, 0.2) is 21.5 Å². The molecule has 1 aromatic carbocycles. The molecule has 1 rings (SSSR count). The Morgan fingerprint density at radius 2 is 2.08 bits per heavy atom. The molecule has 0 saturated heterocycles. The average molecular weight is 309 g/mol. The number of halogens is 4. The van der Waals surface area contributed by atoms with E-state index < -0.39 is 20.1 Å². The molecule has 0 saturated carbocycles. The van der Waals surface area contributed by atoms with Crippen LogP contribution in [-0.2, 0) is 13.6 Å². The second kappa shape index (κ2) is 3.82. The van der Waals surface area contributed by atoms with E-state index in [1.165, 1.54) is 0 Å². The third kappa shape index (κ3) is 2.63. The van der Waals surface area contributed by atoms with Crippen LogP contribution in [0.1, 0.15) is 0 Å². The van der Waals surface area contributed by atoms with E-state index in [9.17, 15) is 8.60 Å². The monoisotopic (exact) mass is 307 g/mol. The SMILES string of the molecule is O=[S+](O)(Cl)c1cc(Cl)c(Br)cc1F. The Morgan fingerprint density at radius 3 is 2.54 bits per heavy atom. The second-order valence-electron chi connectivity index (χ2n) is 2.16. The summed E-state index contributed by atoms with van der Waals surface area (Å²) in [5.74, 6) is -0.876. The first-order valence-electron chi connectivity index (χ1n) is 2.93. The highest BCUT2D eigenvalue weighted by Crippen LogP contribution is 2.31. The van der Waals surface area contributed by atoms with E-state index in [-0.39, 0.29) is 5.02 Å². The molecule has 0 aliphatic rings. The van der Waals surface area contributed by atoms with E-state index in [1.807, 2.05) is 0 Å². The van der Waals surface area contributed by atoms with Crippen LogP contribution in [0.2, 0.25) is 5.02 Å². The second-order valence-corrected chi connectivity index (χ2v) is 6.03. The molecule has 72 valence electrons. The minimum absolute atomic E-state index is 0.124. The summed E-state index contributed by atoms with van der Waals surface area (Å²) in [5, 5.41) is 0.124. The molecule has 2 nitrogen and oxygen atoms in total. The van der Waals surface area contributed by atoms with Crippen LogP contribution in [0.4, 0.5) is 4.39 Å². The molecule has 13 heavy (non-hydrogen) atoms. The molecule has 1 aromatic rings. The van der Waals surface area contributed by atoms with Crippen molar-refractivity contribution < 1.29 is 13.2 Å². The van der Waals surface area contributed by atoms with Gasteiger partial charge in [0.05, 0.1) is 5.02 Å². The van der Waals surface area contributed by atoms with Crippen molar-refractivity contribution >= 4 is 47.6 Å². The summed E-state index contributed by atoms with van der Waals surface area (Å²) in [5.41, 5.74) is 0. The maximum atomic E-state index is 13.0. The van der Waals surface area contributed by atoms with Crippen molar-refractivity contribution in [2.45, 2.75) is 4.90 Å². The summed E-state index contributed by atoms with van der Waals surface area (Å²) in [6, 6.07) is 1.99. The molecular formula is C6H3BrCl2FO2S+. The lowest BCUT2D eigenvalue weighted by Crippen LogP contribution is -2.02. The Balaban J connectivity index is 3.41. The fourth-order valence-electron chi connectivity index (χ4n) is 0.697. The predicted octanol–water partition coefficient (Wildman–Crippen LogP) is 3.73. The maximum absolute atomic E-state index is 13.0. The van der Waals surface area contributed by atoms with E-state index >= 15 is 0 Å². The lowest BCUT2D eigenvalue weighted by molar-refractivity contribution is 0.502. The van der Waals surface area contributed by atoms with Crippen LogP contribution in [0.25, 0.3) is 0 Å². The normalized spacial score (nSPS) is 15.5. The van der Waals surface area contributed by atoms with E-state index in [0.29, 0.717) is 4.47 Å². The van der Waals surface area contributed by atoms with Crippen LogP contribution in [0, 0.1) is 5.82 Å². The third-order valence-electron chi connectivity index (χ3n) is 1.25. The quantitative estimate of drug-likeness (QED) is 0.487. The molecule has 7 heteroatoms. The van der Waals surface area contributed by atoms with Gasteiger partial charge in [-0.05, 0) is 26.2 Å². The van der Waals surface area contributed by atoms with Crippen molar-refractivity contribution in [3.8, 4) is 0 Å². The standard InChI is InChI=1S/C6H2BrCl2FO2S/c7-3-1-5(10)6(2-4(3)8)13(9,11)12/h1-2H/p+1. The van der Waals surface area contributed by atoms with Gasteiger partial charge in [0.25, 0.3) is 0 Å². The molecule has 0 fully saturated rings. The minimum Gasteiger partial charge on any atom is -0.201 e. The zero-order chi connectivity index (χ0) is 10.2. The largest absolute Gasteiger partial charge is 0.351 e. The molecule has 1 unspecified atom stereocenters. The Kier molecular flexibility index (Phi) is 3.35. The summed E-state index contributed by atoms with van der Waals surface area (Å²) in [4.78, 5) is -0.512. The van der Waals surface area contributed by atoms with Crippen molar-refractivity contribution in [2.24, 2.45) is 0 Å². The average Bonchev–Trinajstić information content (AvgIpc) is 1.94. The van der Waals surface area contributed by atoms with Gasteiger partial charge in [0.15, 0.2) is 5.82 Å². The molecule has 0 radical (unpaired) electrons. The van der Waals surface area contributed by atoms with Crippen molar-refractivity contribution in [2.75, 3.05) is 0 Å². The molecule has 0 amide bonds. The lowest BCUT2D eigenvalue weighted by atomic mass is 10.3. The molecule has 0 aliphatic heterocycles. The molecule has 0 heterocycles. The summed E-state index contributed by atoms with van der Waals surface area (Å²) in [6.45, 7) is 0. The summed E-state index contributed by atoms with van der Waals surface area (Å²) in [6.07, 6.45) is 0. The Labute approximate surface area is 92.9 Å². The molecule has 0 aromatic heterocycles. The van der Waals surface area contributed by atoms with Gasteiger partial charge in [-0.1, -0.05) is 11.6 Å². The topological polar surface area (TPSA) is 37.3 Å². The fourth-order valence-corrected chi connectivity index (χ4v) is 2.16. The fraction of sp³-hybridized carbons (Fsp3) is 0. The number of hydrogen-bond donors (Lipinski definition) is 1. The molecule has 1 N–H and O–H groups in total. The van der Waals surface area contributed by atoms with Gasteiger partial charge < -0.3 is 0 Å². The summed E-state index contributed by atoms with van der Waals surface area (Å²) < 4.78 is 33.1. The highest BCUT2D eigenvalue weighted by atomic mass is 79.9. The van der Waals surface area contributed by atoms with Gasteiger partial charge in [-0.15, -0.1) is 0 Å². The van der Waals surface area contributed by atoms with Gasteiger partial charge in [0.2, 0.25) is 15.6 Å². The van der Waals surface area contributed by atoms with Crippen molar-refractivity contribution in [3.63, 3.8) is 0 Å². The van der Waals surface area contributed by atoms with Crippen molar-refractivity contribution in [1.29, 1.82) is 0 Å². The van der Waals surface area contributed by atoms with Crippen LogP contribution in [-0.4, -0.2) is 4.55 Å². The first-order valence-corrected chi connectivity index (χ1v) is 6.44. The van der Waals surface area contributed by atoms with Gasteiger partial charge in [0, 0.05) is 10.5 Å². The van der Waals surface area contributed by atoms with Crippen LogP contribution >= 0.6 is 38.2 Å². The van der Waals surface area contributed by atoms with Crippen LogP contribution < -0.4 is 0 Å². The molecule has 0 bridgehead atoms. The maximum Gasteiger partial charge on any atom is 0.351 e. The smallest absolute Gasteiger partial charge is 0.201 e. The summed E-state index contributed by atoms with van der Waals surface area (Å²) >= 11 is 8.54. The Bertz CT molecular complexity index is 392. The zero-order valence-electron chi connectivity index (χ0n) is 5.93.